The number of carbonyl (C=O) groups excluding carboxylic acids is 2. The van der Waals surface area contributed by atoms with Crippen LogP contribution in [0, 0.1) is 0 Å². The summed E-state index contributed by atoms with van der Waals surface area (Å²) in [5.41, 5.74) is 0.654. The lowest BCUT2D eigenvalue weighted by Gasteiger charge is -2.05. The number of benzene rings is 1. The largest absolute Gasteiger partial charge is 0.352 e. The van der Waals surface area contributed by atoms with Crippen LogP contribution >= 0.6 is 15.9 Å². The molecule has 0 aliphatic rings. The van der Waals surface area contributed by atoms with Gasteiger partial charge in [0.05, 0.1) is 0 Å². The lowest BCUT2D eigenvalue weighted by Crippen LogP contribution is -2.28. The predicted molar refractivity (Wildman–Crippen MR) is 70.6 cm³/mol. The molecule has 1 aromatic rings. The fourth-order valence-electron chi connectivity index (χ4n) is 1.17. The number of anilines is 1. The van der Waals surface area contributed by atoms with Crippen LogP contribution in [0.4, 0.5) is 5.69 Å². The summed E-state index contributed by atoms with van der Waals surface area (Å²) >= 11 is 3.30. The second kappa shape index (κ2) is 6.85. The van der Waals surface area contributed by atoms with Crippen molar-refractivity contribution < 1.29 is 9.59 Å². The second-order valence-corrected chi connectivity index (χ2v) is 4.24. The van der Waals surface area contributed by atoms with Crippen molar-refractivity contribution in [2.24, 2.45) is 0 Å². The van der Waals surface area contributed by atoms with Crippen molar-refractivity contribution in [1.29, 1.82) is 0 Å². The Morgan fingerprint density at radius 2 is 2.12 bits per heavy atom. The van der Waals surface area contributed by atoms with Gasteiger partial charge >= 0.3 is 0 Å². The third kappa shape index (κ3) is 5.31. The van der Waals surface area contributed by atoms with Crippen molar-refractivity contribution in [3.8, 4) is 0 Å². The van der Waals surface area contributed by atoms with Gasteiger partial charge < -0.3 is 10.6 Å². The van der Waals surface area contributed by atoms with Gasteiger partial charge in [0.25, 0.3) is 0 Å². The van der Waals surface area contributed by atoms with Crippen molar-refractivity contribution in [2.75, 3.05) is 11.9 Å². The van der Waals surface area contributed by atoms with Gasteiger partial charge in [0, 0.05) is 16.7 Å². The minimum atomic E-state index is -0.343. The molecule has 0 atom stereocenters. The highest BCUT2D eigenvalue weighted by Crippen LogP contribution is 2.15. The number of rotatable bonds is 5. The molecule has 0 heterocycles. The molecule has 2 N–H and O–H groups in total. The number of halogens is 1. The maximum Gasteiger partial charge on any atom is 0.233 e. The summed E-state index contributed by atoms with van der Waals surface area (Å²) < 4.78 is 0.867. The molecule has 0 unspecified atom stereocenters. The molecule has 2 amide bonds. The molecule has 1 rings (SSSR count). The Hall–Kier alpha value is -1.62. The van der Waals surface area contributed by atoms with Gasteiger partial charge in [0.1, 0.15) is 6.42 Å². The Bertz CT molecular complexity index is 432. The van der Waals surface area contributed by atoms with Crippen molar-refractivity contribution in [3.05, 3.63) is 41.4 Å². The Kier molecular flexibility index (Phi) is 5.42. The van der Waals surface area contributed by atoms with Crippen molar-refractivity contribution in [2.45, 2.75) is 6.42 Å². The van der Waals surface area contributed by atoms with E-state index >= 15 is 0 Å². The molecule has 0 saturated carbocycles. The van der Waals surface area contributed by atoms with Crippen molar-refractivity contribution >= 4 is 33.4 Å². The highest BCUT2D eigenvalue weighted by Gasteiger charge is 2.08. The minimum Gasteiger partial charge on any atom is -0.352 e. The summed E-state index contributed by atoms with van der Waals surface area (Å²) in [7, 11) is 0. The molecule has 0 fully saturated rings. The van der Waals surface area contributed by atoms with E-state index in [1.54, 1.807) is 24.3 Å². The molecular weight excluding hydrogens is 284 g/mol. The molecular formula is C12H13BrN2O2. The van der Waals surface area contributed by atoms with Crippen LogP contribution in [0.2, 0.25) is 0 Å². The van der Waals surface area contributed by atoms with E-state index in [1.165, 1.54) is 0 Å². The van der Waals surface area contributed by atoms with Gasteiger partial charge in [-0.1, -0.05) is 28.1 Å². The van der Waals surface area contributed by atoms with Crippen LogP contribution < -0.4 is 10.6 Å². The first-order valence-corrected chi connectivity index (χ1v) is 5.84. The standard InChI is InChI=1S/C12H13BrN2O2/c1-2-6-14-11(16)8-12(17)15-10-5-3-4-9(13)7-10/h2-5,7H,1,6,8H2,(H,14,16)(H,15,17). The van der Waals surface area contributed by atoms with Gasteiger partial charge in [-0.3, -0.25) is 9.59 Å². The van der Waals surface area contributed by atoms with E-state index in [1.807, 2.05) is 6.07 Å². The third-order valence-electron chi connectivity index (χ3n) is 1.87. The van der Waals surface area contributed by atoms with Gasteiger partial charge in [-0.25, -0.2) is 0 Å². The molecule has 5 heteroatoms. The molecule has 0 radical (unpaired) electrons. The monoisotopic (exact) mass is 296 g/mol. The highest BCUT2D eigenvalue weighted by atomic mass is 79.9. The number of carbonyl (C=O) groups is 2. The van der Waals surface area contributed by atoms with Gasteiger partial charge in [0.2, 0.25) is 11.8 Å². The highest BCUT2D eigenvalue weighted by molar-refractivity contribution is 9.10. The molecule has 4 nitrogen and oxygen atoms in total. The van der Waals surface area contributed by atoms with Gasteiger partial charge in [-0.05, 0) is 18.2 Å². The number of amides is 2. The molecule has 1 aromatic carbocycles. The van der Waals surface area contributed by atoms with Crippen LogP contribution in [0.5, 0.6) is 0 Å². The summed E-state index contributed by atoms with van der Waals surface area (Å²) in [6, 6.07) is 7.17. The second-order valence-electron chi connectivity index (χ2n) is 3.33. The van der Waals surface area contributed by atoms with E-state index in [0.29, 0.717) is 12.2 Å². The van der Waals surface area contributed by atoms with Gasteiger partial charge in [-0.15, -0.1) is 6.58 Å². The summed E-state index contributed by atoms with van der Waals surface area (Å²) in [5, 5.41) is 5.17. The third-order valence-corrected chi connectivity index (χ3v) is 2.37. The molecule has 0 bridgehead atoms. The van der Waals surface area contributed by atoms with Crippen LogP contribution in [-0.4, -0.2) is 18.4 Å². The summed E-state index contributed by atoms with van der Waals surface area (Å²) in [6.07, 6.45) is 1.37. The van der Waals surface area contributed by atoms with E-state index in [-0.39, 0.29) is 18.2 Å². The molecule has 0 aromatic heterocycles. The molecule has 17 heavy (non-hydrogen) atoms. The van der Waals surface area contributed by atoms with Crippen molar-refractivity contribution in [1.82, 2.24) is 5.32 Å². The molecule has 0 saturated heterocycles. The van der Waals surface area contributed by atoms with Crippen LogP contribution in [-0.2, 0) is 9.59 Å². The molecule has 0 aliphatic carbocycles. The van der Waals surface area contributed by atoms with E-state index in [4.69, 9.17) is 0 Å². The predicted octanol–water partition coefficient (Wildman–Crippen LogP) is 2.08. The quantitative estimate of drug-likeness (QED) is 0.646. The first-order chi connectivity index (χ1) is 8.11. The lowest BCUT2D eigenvalue weighted by molar-refractivity contribution is -0.126. The fourth-order valence-corrected chi connectivity index (χ4v) is 1.56. The Morgan fingerprint density at radius 1 is 1.35 bits per heavy atom. The van der Waals surface area contributed by atoms with E-state index in [2.05, 4.69) is 33.1 Å². The SMILES string of the molecule is C=CCNC(=O)CC(=O)Nc1cccc(Br)c1. The topological polar surface area (TPSA) is 58.2 Å². The molecule has 0 aliphatic heterocycles. The zero-order valence-electron chi connectivity index (χ0n) is 9.20. The summed E-state index contributed by atoms with van der Waals surface area (Å²) in [5.74, 6) is -0.665. The van der Waals surface area contributed by atoms with Crippen LogP contribution in [0.25, 0.3) is 0 Å². The van der Waals surface area contributed by atoms with Crippen LogP contribution in [0.15, 0.2) is 41.4 Å². The normalized spacial score (nSPS) is 9.47. The summed E-state index contributed by atoms with van der Waals surface area (Å²) in [4.78, 5) is 22.7. The molecule has 90 valence electrons. The van der Waals surface area contributed by atoms with E-state index in [9.17, 15) is 9.59 Å². The Balaban J connectivity index is 2.44. The van der Waals surface area contributed by atoms with Crippen LogP contribution in [0.3, 0.4) is 0 Å². The van der Waals surface area contributed by atoms with Gasteiger partial charge in [0.15, 0.2) is 0 Å². The first-order valence-electron chi connectivity index (χ1n) is 5.05. The zero-order chi connectivity index (χ0) is 12.7. The van der Waals surface area contributed by atoms with E-state index in [0.717, 1.165) is 4.47 Å². The van der Waals surface area contributed by atoms with Crippen molar-refractivity contribution in [3.63, 3.8) is 0 Å². The first kappa shape index (κ1) is 13.4. The summed E-state index contributed by atoms with van der Waals surface area (Å²) in [6.45, 7) is 3.83. The molecule has 0 spiro atoms. The maximum atomic E-state index is 11.5. The Labute approximate surface area is 108 Å². The average molecular weight is 297 g/mol. The fraction of sp³-hybridized carbons (Fsp3) is 0.167. The maximum absolute atomic E-state index is 11.5. The van der Waals surface area contributed by atoms with Gasteiger partial charge in [-0.2, -0.15) is 0 Å². The number of hydrogen-bond donors (Lipinski definition) is 2. The smallest absolute Gasteiger partial charge is 0.233 e. The number of hydrogen-bond acceptors (Lipinski definition) is 2. The lowest BCUT2D eigenvalue weighted by atomic mass is 10.3. The van der Waals surface area contributed by atoms with Crippen LogP contribution in [0.1, 0.15) is 6.42 Å². The van der Waals surface area contributed by atoms with E-state index < -0.39 is 0 Å². The minimum absolute atomic E-state index is 0.194. The average Bonchev–Trinajstić information content (AvgIpc) is 2.26. The number of nitrogens with one attached hydrogen (secondary N) is 2. The zero-order valence-corrected chi connectivity index (χ0v) is 10.8. The Morgan fingerprint density at radius 3 is 2.76 bits per heavy atom.